The minimum Gasteiger partial charge on any atom is -0.346 e. The van der Waals surface area contributed by atoms with Crippen LogP contribution in [0.3, 0.4) is 0 Å². The van der Waals surface area contributed by atoms with E-state index in [-0.39, 0.29) is 29.8 Å². The Kier molecular flexibility index (Phi) is 11.5. The molecule has 0 spiro atoms. The summed E-state index contributed by atoms with van der Waals surface area (Å²) in [5, 5.41) is 7.63. The van der Waals surface area contributed by atoms with Crippen LogP contribution < -0.4 is 10.6 Å². The van der Waals surface area contributed by atoms with E-state index in [2.05, 4.69) is 82.8 Å². The summed E-state index contributed by atoms with van der Waals surface area (Å²) in [4.78, 5) is 32.0. The minimum atomic E-state index is -0.584. The molecule has 0 unspecified atom stereocenters. The zero-order valence-corrected chi connectivity index (χ0v) is 27.4. The molecule has 2 fully saturated rings. The van der Waals surface area contributed by atoms with E-state index in [0.29, 0.717) is 18.1 Å². The number of carbonyl (C=O) groups is 2. The third-order valence-corrected chi connectivity index (χ3v) is 9.56. The van der Waals surface area contributed by atoms with Crippen LogP contribution in [-0.2, 0) is 9.59 Å². The lowest BCUT2D eigenvalue weighted by molar-refractivity contribution is -0.133. The number of hydrogen-bond donors (Lipinski definition) is 2. The van der Waals surface area contributed by atoms with Crippen molar-refractivity contribution < 1.29 is 9.59 Å². The Morgan fingerprint density at radius 1 is 0.933 bits per heavy atom. The number of amides is 2. The highest BCUT2D eigenvalue weighted by molar-refractivity contribution is 6.30. The second-order valence-corrected chi connectivity index (χ2v) is 13.4. The van der Waals surface area contributed by atoms with Gasteiger partial charge in [-0.3, -0.25) is 9.59 Å². The first-order valence-electron chi connectivity index (χ1n) is 16.4. The number of hydrogen-bond acceptors (Lipinski definition) is 4. The van der Waals surface area contributed by atoms with Gasteiger partial charge in [-0.1, -0.05) is 90.8 Å². The van der Waals surface area contributed by atoms with Gasteiger partial charge in [-0.2, -0.15) is 0 Å². The van der Waals surface area contributed by atoms with Crippen LogP contribution in [0.15, 0.2) is 91.0 Å². The second kappa shape index (κ2) is 15.7. The Hall–Kier alpha value is -3.45. The molecule has 238 valence electrons. The maximum absolute atomic E-state index is 14.3. The molecule has 3 aromatic rings. The Morgan fingerprint density at radius 3 is 2.18 bits per heavy atom. The molecule has 2 heterocycles. The smallest absolute Gasteiger partial charge is 0.244 e. The van der Waals surface area contributed by atoms with E-state index in [0.717, 1.165) is 38.0 Å². The van der Waals surface area contributed by atoms with E-state index in [4.69, 9.17) is 11.6 Å². The van der Waals surface area contributed by atoms with Crippen LogP contribution in [0.5, 0.6) is 0 Å². The third kappa shape index (κ3) is 9.29. The average molecular weight is 627 g/mol. The van der Waals surface area contributed by atoms with Crippen LogP contribution in [0, 0.1) is 0 Å². The zero-order chi connectivity index (χ0) is 31.6. The van der Waals surface area contributed by atoms with Crippen LogP contribution in [0.1, 0.15) is 68.6 Å². The number of likely N-dealkylation sites (tertiary alicyclic amines) is 1. The first kappa shape index (κ1) is 32.9. The van der Waals surface area contributed by atoms with Crippen LogP contribution in [0.25, 0.3) is 6.08 Å². The van der Waals surface area contributed by atoms with Crippen molar-refractivity contribution in [1.82, 2.24) is 20.4 Å². The van der Waals surface area contributed by atoms with Gasteiger partial charge in [0.25, 0.3) is 0 Å². The maximum atomic E-state index is 14.3. The summed E-state index contributed by atoms with van der Waals surface area (Å²) in [6.07, 6.45) is 8.57. The molecule has 2 N–H and O–H groups in total. The Bertz CT molecular complexity index is 1370. The highest BCUT2D eigenvalue weighted by Crippen LogP contribution is 2.28. The van der Waals surface area contributed by atoms with E-state index in [1.165, 1.54) is 30.4 Å². The largest absolute Gasteiger partial charge is 0.346 e. The van der Waals surface area contributed by atoms with E-state index >= 15 is 0 Å². The normalized spacial score (nSPS) is 20.0. The summed E-state index contributed by atoms with van der Waals surface area (Å²) >= 11 is 6.01. The Morgan fingerprint density at radius 2 is 1.56 bits per heavy atom. The predicted octanol–water partition coefficient (Wildman–Crippen LogP) is 6.52. The highest BCUT2D eigenvalue weighted by Gasteiger charge is 2.39. The molecule has 5 rings (SSSR count). The molecule has 2 aliphatic heterocycles. The molecule has 2 saturated heterocycles. The SMILES string of the molecule is CC(C)(NC(=O)/C=C/c1ccc(Cl)cc1)[C@@H]1CCN(CC(c2ccccc2)c2ccccc2)C(=O)[C@H](CCN2CCCCC2)N1. The number of nitrogens with zero attached hydrogens (tertiary/aromatic N) is 2. The van der Waals surface area contributed by atoms with Gasteiger partial charge < -0.3 is 20.4 Å². The molecule has 7 heteroatoms. The molecule has 0 aliphatic carbocycles. The number of benzene rings is 3. The van der Waals surface area contributed by atoms with E-state index < -0.39 is 5.54 Å². The van der Waals surface area contributed by atoms with Gasteiger partial charge >= 0.3 is 0 Å². The van der Waals surface area contributed by atoms with Crippen molar-refractivity contribution in [2.75, 3.05) is 32.7 Å². The standard InChI is InChI=1S/C38H47ClN4O2/c1-38(2,41-36(44)21-18-29-16-19-32(39)20-17-29)35-23-27-43(37(45)34(40-35)22-26-42-24-10-5-11-25-42)28-33(30-12-6-3-7-13-30)31-14-8-4-9-15-31/h3-4,6-9,12-21,33-35,40H,5,10-11,22-28H2,1-2H3,(H,41,44)/b21-18+/t34-,35-/m0/s1. The monoisotopic (exact) mass is 626 g/mol. The summed E-state index contributed by atoms with van der Waals surface area (Å²) in [7, 11) is 0. The molecule has 2 amide bonds. The number of rotatable bonds is 11. The Labute approximate surface area is 273 Å². The van der Waals surface area contributed by atoms with Gasteiger partial charge in [-0.25, -0.2) is 0 Å². The molecule has 0 bridgehead atoms. The first-order chi connectivity index (χ1) is 21.8. The van der Waals surface area contributed by atoms with Crippen molar-refractivity contribution in [3.63, 3.8) is 0 Å². The molecule has 0 aromatic heterocycles. The molecule has 6 nitrogen and oxygen atoms in total. The van der Waals surface area contributed by atoms with Crippen molar-refractivity contribution in [1.29, 1.82) is 0 Å². The van der Waals surface area contributed by atoms with Gasteiger partial charge in [0.05, 0.1) is 11.6 Å². The fourth-order valence-corrected chi connectivity index (χ4v) is 6.78. The topological polar surface area (TPSA) is 64.7 Å². The number of carbonyl (C=O) groups excluding carboxylic acids is 2. The molecule has 2 aliphatic rings. The summed E-state index contributed by atoms with van der Waals surface area (Å²) < 4.78 is 0. The second-order valence-electron chi connectivity index (χ2n) is 13.0. The van der Waals surface area contributed by atoms with E-state index in [1.54, 1.807) is 12.2 Å². The summed E-state index contributed by atoms with van der Waals surface area (Å²) in [6, 6.07) is 28.0. The minimum absolute atomic E-state index is 0.0707. The molecule has 0 radical (unpaired) electrons. The molecular weight excluding hydrogens is 580 g/mol. The average Bonchev–Trinajstić information content (AvgIpc) is 3.22. The molecule has 45 heavy (non-hydrogen) atoms. The Balaban J connectivity index is 1.34. The summed E-state index contributed by atoms with van der Waals surface area (Å²) in [5.41, 5.74) is 2.73. The van der Waals surface area contributed by atoms with Crippen molar-refractivity contribution in [2.45, 2.75) is 69.5 Å². The van der Waals surface area contributed by atoms with Crippen LogP contribution in [0.4, 0.5) is 0 Å². The molecule has 0 saturated carbocycles. The quantitative estimate of drug-likeness (QED) is 0.238. The lowest BCUT2D eigenvalue weighted by Crippen LogP contribution is -2.60. The molecule has 2 atom stereocenters. The van der Waals surface area contributed by atoms with E-state index in [9.17, 15) is 9.59 Å². The fraction of sp³-hybridized carbons (Fsp3) is 0.421. The van der Waals surface area contributed by atoms with Crippen molar-refractivity contribution in [2.24, 2.45) is 0 Å². The number of piperidine rings is 1. The highest BCUT2D eigenvalue weighted by atomic mass is 35.5. The van der Waals surface area contributed by atoms with E-state index in [1.807, 2.05) is 36.4 Å². The van der Waals surface area contributed by atoms with Gasteiger partial charge in [0, 0.05) is 42.7 Å². The van der Waals surface area contributed by atoms with Crippen molar-refractivity contribution >= 4 is 29.5 Å². The summed E-state index contributed by atoms with van der Waals surface area (Å²) in [5.74, 6) is 0.0553. The van der Waals surface area contributed by atoms with Gasteiger partial charge in [-0.15, -0.1) is 0 Å². The number of nitrogens with one attached hydrogen (secondary N) is 2. The molecule has 3 aromatic carbocycles. The first-order valence-corrected chi connectivity index (χ1v) is 16.8. The number of halogens is 1. The van der Waals surface area contributed by atoms with Crippen molar-refractivity contribution in [3.8, 4) is 0 Å². The van der Waals surface area contributed by atoms with Crippen LogP contribution in [-0.4, -0.2) is 72.0 Å². The van der Waals surface area contributed by atoms with Crippen LogP contribution in [0.2, 0.25) is 5.02 Å². The zero-order valence-electron chi connectivity index (χ0n) is 26.6. The third-order valence-electron chi connectivity index (χ3n) is 9.30. The predicted molar refractivity (Wildman–Crippen MR) is 184 cm³/mol. The fourth-order valence-electron chi connectivity index (χ4n) is 6.65. The van der Waals surface area contributed by atoms with Gasteiger partial charge in [0.2, 0.25) is 11.8 Å². The lowest BCUT2D eigenvalue weighted by Gasteiger charge is -2.36. The molecular formula is C38H47ClN4O2. The maximum Gasteiger partial charge on any atom is 0.244 e. The van der Waals surface area contributed by atoms with Gasteiger partial charge in [0.1, 0.15) is 0 Å². The van der Waals surface area contributed by atoms with Crippen molar-refractivity contribution in [3.05, 3.63) is 113 Å². The van der Waals surface area contributed by atoms with Gasteiger partial charge in [-0.05, 0) is 87.5 Å². The summed E-state index contributed by atoms with van der Waals surface area (Å²) in [6.45, 7) is 8.42. The lowest BCUT2D eigenvalue weighted by atomic mass is 9.90. The van der Waals surface area contributed by atoms with Crippen LogP contribution >= 0.6 is 11.6 Å². The van der Waals surface area contributed by atoms with Gasteiger partial charge in [0.15, 0.2) is 0 Å².